The molecule has 0 bridgehead atoms. The van der Waals surface area contributed by atoms with Crippen LogP contribution in [-0.4, -0.2) is 48.5 Å². The van der Waals surface area contributed by atoms with Crippen molar-refractivity contribution in [1.82, 2.24) is 4.90 Å². The van der Waals surface area contributed by atoms with E-state index in [1.165, 1.54) is 11.8 Å². The topological polar surface area (TPSA) is 38.5 Å². The summed E-state index contributed by atoms with van der Waals surface area (Å²) in [5.74, 6) is 0. The molecule has 0 aromatic carbocycles. The molecule has 0 aromatic rings. The van der Waals surface area contributed by atoms with E-state index >= 15 is 0 Å². The van der Waals surface area contributed by atoms with Gasteiger partial charge in [0.1, 0.15) is 6.04 Å². The normalized spacial score (nSPS) is 34.4. The summed E-state index contributed by atoms with van der Waals surface area (Å²) < 4.78 is 44.7. The Morgan fingerprint density at radius 3 is 2.65 bits per heavy atom. The third-order valence-electron chi connectivity index (χ3n) is 3.72. The fourth-order valence-electron chi connectivity index (χ4n) is 3.09. The molecule has 0 aromatic heterocycles. The van der Waals surface area contributed by atoms with Gasteiger partial charge < -0.3 is 10.5 Å². The molecule has 4 unspecified atom stereocenters. The van der Waals surface area contributed by atoms with Crippen molar-refractivity contribution in [2.75, 3.05) is 13.2 Å². The molecule has 1 aliphatic carbocycles. The first kappa shape index (κ1) is 13.1. The highest BCUT2D eigenvalue weighted by molar-refractivity contribution is 4.96. The van der Waals surface area contributed by atoms with E-state index in [2.05, 4.69) is 0 Å². The van der Waals surface area contributed by atoms with Gasteiger partial charge in [-0.05, 0) is 26.2 Å². The Hall–Kier alpha value is -0.330. The number of alkyl halides is 3. The van der Waals surface area contributed by atoms with E-state index in [0.29, 0.717) is 13.2 Å². The minimum Gasteiger partial charge on any atom is -0.375 e. The first-order valence-electron chi connectivity index (χ1n) is 6.11. The van der Waals surface area contributed by atoms with Crippen molar-refractivity contribution in [2.45, 2.75) is 56.6 Å². The van der Waals surface area contributed by atoms with Crippen LogP contribution in [0.1, 0.15) is 26.2 Å². The molecule has 2 aliphatic rings. The average Bonchev–Trinajstić information content (AvgIpc) is 2.63. The Balaban J connectivity index is 2.17. The van der Waals surface area contributed by atoms with Gasteiger partial charge in [0.15, 0.2) is 0 Å². The van der Waals surface area contributed by atoms with E-state index in [9.17, 15) is 13.2 Å². The summed E-state index contributed by atoms with van der Waals surface area (Å²) >= 11 is 0. The number of hydrogen-bond donors (Lipinski definition) is 1. The SMILES string of the molecule is CC(N)C(N1CCOC2CCCC21)C(F)(F)F. The molecule has 17 heavy (non-hydrogen) atoms. The Kier molecular flexibility index (Phi) is 3.66. The Morgan fingerprint density at radius 2 is 2.06 bits per heavy atom. The van der Waals surface area contributed by atoms with Gasteiger partial charge in [-0.25, -0.2) is 0 Å². The predicted molar refractivity (Wildman–Crippen MR) is 57.6 cm³/mol. The molecule has 4 atom stereocenters. The monoisotopic (exact) mass is 252 g/mol. The summed E-state index contributed by atoms with van der Waals surface area (Å²) in [6, 6.07) is -2.56. The number of halogens is 3. The summed E-state index contributed by atoms with van der Waals surface area (Å²) in [6.45, 7) is 2.13. The van der Waals surface area contributed by atoms with Crippen molar-refractivity contribution in [3.8, 4) is 0 Å². The van der Waals surface area contributed by atoms with Crippen LogP contribution in [0.4, 0.5) is 13.2 Å². The molecule has 1 heterocycles. The molecule has 1 aliphatic heterocycles. The molecule has 2 N–H and O–H groups in total. The van der Waals surface area contributed by atoms with Crippen LogP contribution in [0.3, 0.4) is 0 Å². The second-order valence-corrected chi connectivity index (χ2v) is 4.99. The molecule has 2 fully saturated rings. The zero-order valence-electron chi connectivity index (χ0n) is 9.91. The maximum absolute atomic E-state index is 13.1. The van der Waals surface area contributed by atoms with Gasteiger partial charge in [-0.2, -0.15) is 13.2 Å². The minimum absolute atomic E-state index is 0.0349. The highest BCUT2D eigenvalue weighted by Gasteiger charge is 2.50. The Bertz CT molecular complexity index is 270. The molecule has 2 rings (SSSR count). The van der Waals surface area contributed by atoms with Crippen molar-refractivity contribution < 1.29 is 17.9 Å². The summed E-state index contributed by atoms with van der Waals surface area (Å²) in [5.41, 5.74) is 5.53. The van der Waals surface area contributed by atoms with Gasteiger partial charge >= 0.3 is 6.18 Å². The number of fused-ring (bicyclic) bond motifs is 1. The maximum atomic E-state index is 13.1. The Morgan fingerprint density at radius 1 is 1.35 bits per heavy atom. The lowest BCUT2D eigenvalue weighted by Gasteiger charge is -2.44. The third kappa shape index (κ3) is 2.58. The second-order valence-electron chi connectivity index (χ2n) is 4.99. The quantitative estimate of drug-likeness (QED) is 0.809. The summed E-state index contributed by atoms with van der Waals surface area (Å²) in [5, 5.41) is 0. The fourth-order valence-corrected chi connectivity index (χ4v) is 3.09. The van der Waals surface area contributed by atoms with Crippen LogP contribution in [0.15, 0.2) is 0 Å². The first-order valence-corrected chi connectivity index (χ1v) is 6.11. The maximum Gasteiger partial charge on any atom is 0.405 e. The lowest BCUT2D eigenvalue weighted by Crippen LogP contribution is -2.62. The summed E-state index contributed by atoms with van der Waals surface area (Å²) in [4.78, 5) is 1.52. The minimum atomic E-state index is -4.27. The van der Waals surface area contributed by atoms with Crippen molar-refractivity contribution in [2.24, 2.45) is 5.73 Å². The number of nitrogens with zero attached hydrogens (tertiary/aromatic N) is 1. The van der Waals surface area contributed by atoms with Crippen molar-refractivity contribution in [3.63, 3.8) is 0 Å². The van der Waals surface area contributed by atoms with E-state index in [1.807, 2.05) is 0 Å². The fraction of sp³-hybridized carbons (Fsp3) is 1.00. The van der Waals surface area contributed by atoms with Crippen LogP contribution in [0, 0.1) is 0 Å². The lowest BCUT2D eigenvalue weighted by molar-refractivity contribution is -0.210. The zero-order chi connectivity index (χ0) is 12.6. The second kappa shape index (κ2) is 4.74. The van der Waals surface area contributed by atoms with Gasteiger partial charge in [-0.15, -0.1) is 0 Å². The molecule has 6 heteroatoms. The van der Waals surface area contributed by atoms with Crippen molar-refractivity contribution in [1.29, 1.82) is 0 Å². The lowest BCUT2D eigenvalue weighted by atomic mass is 10.0. The van der Waals surface area contributed by atoms with E-state index in [-0.39, 0.29) is 12.1 Å². The number of rotatable bonds is 2. The van der Waals surface area contributed by atoms with E-state index in [1.54, 1.807) is 0 Å². The number of ether oxygens (including phenoxy) is 1. The molecule has 0 amide bonds. The van der Waals surface area contributed by atoms with Crippen LogP contribution >= 0.6 is 0 Å². The highest BCUT2D eigenvalue weighted by atomic mass is 19.4. The van der Waals surface area contributed by atoms with Crippen LogP contribution in [-0.2, 0) is 4.74 Å². The van der Waals surface area contributed by atoms with Crippen molar-refractivity contribution in [3.05, 3.63) is 0 Å². The van der Waals surface area contributed by atoms with Crippen LogP contribution < -0.4 is 5.73 Å². The van der Waals surface area contributed by atoms with E-state index in [4.69, 9.17) is 10.5 Å². The van der Waals surface area contributed by atoms with E-state index in [0.717, 1.165) is 19.3 Å². The number of nitrogens with two attached hydrogens (primary N) is 1. The molecular formula is C11H19F3N2O. The predicted octanol–water partition coefficient (Wildman–Crippen LogP) is 1.52. The van der Waals surface area contributed by atoms with Crippen LogP contribution in [0.25, 0.3) is 0 Å². The van der Waals surface area contributed by atoms with Gasteiger partial charge in [-0.3, -0.25) is 4.90 Å². The molecule has 1 saturated carbocycles. The zero-order valence-corrected chi connectivity index (χ0v) is 9.91. The molecule has 0 spiro atoms. The average molecular weight is 252 g/mol. The third-order valence-corrected chi connectivity index (χ3v) is 3.72. The smallest absolute Gasteiger partial charge is 0.375 e. The van der Waals surface area contributed by atoms with Gasteiger partial charge in [0, 0.05) is 18.6 Å². The highest BCUT2D eigenvalue weighted by Crippen LogP contribution is 2.36. The number of hydrogen-bond acceptors (Lipinski definition) is 3. The number of morpholine rings is 1. The van der Waals surface area contributed by atoms with E-state index < -0.39 is 18.3 Å². The van der Waals surface area contributed by atoms with Gasteiger partial charge in [0.25, 0.3) is 0 Å². The Labute approximate surface area is 99.1 Å². The molecule has 100 valence electrons. The van der Waals surface area contributed by atoms with Crippen LogP contribution in [0.5, 0.6) is 0 Å². The molecule has 3 nitrogen and oxygen atoms in total. The van der Waals surface area contributed by atoms with Crippen molar-refractivity contribution >= 4 is 0 Å². The molecular weight excluding hydrogens is 233 g/mol. The van der Waals surface area contributed by atoms with Gasteiger partial charge in [0.2, 0.25) is 0 Å². The summed E-state index contributed by atoms with van der Waals surface area (Å²) in [7, 11) is 0. The van der Waals surface area contributed by atoms with Crippen LogP contribution in [0.2, 0.25) is 0 Å². The summed E-state index contributed by atoms with van der Waals surface area (Å²) in [6.07, 6.45) is -1.71. The first-order chi connectivity index (χ1) is 7.91. The van der Waals surface area contributed by atoms with Gasteiger partial charge in [-0.1, -0.05) is 0 Å². The largest absolute Gasteiger partial charge is 0.405 e. The molecule has 1 saturated heterocycles. The standard InChI is InChI=1S/C11H19F3N2O/c1-7(15)10(11(12,13)14)16-5-6-17-9-4-2-3-8(9)16/h7-10H,2-6,15H2,1H3. The molecule has 0 radical (unpaired) electrons. The van der Waals surface area contributed by atoms with Gasteiger partial charge in [0.05, 0.1) is 12.7 Å².